The van der Waals surface area contributed by atoms with E-state index in [0.29, 0.717) is 6.04 Å². The Morgan fingerprint density at radius 2 is 1.94 bits per heavy atom. The highest BCUT2D eigenvalue weighted by atomic mass is 15.1. The normalized spacial score (nSPS) is 26.4. The van der Waals surface area contributed by atoms with Crippen molar-refractivity contribution in [2.45, 2.75) is 59.4 Å². The molecule has 0 bridgehead atoms. The van der Waals surface area contributed by atoms with Crippen molar-refractivity contribution in [3.8, 4) is 0 Å². The molecule has 0 aromatic carbocycles. The van der Waals surface area contributed by atoms with Crippen molar-refractivity contribution >= 4 is 0 Å². The Labute approximate surface area is 102 Å². The second kappa shape index (κ2) is 6.02. The number of nitrogens with zero attached hydrogens (tertiary/aromatic N) is 1. The Balaban J connectivity index is 2.27. The highest BCUT2D eigenvalue weighted by Gasteiger charge is 2.21. The summed E-state index contributed by atoms with van der Waals surface area (Å²) in [7, 11) is 0. The van der Waals surface area contributed by atoms with E-state index in [2.05, 4.69) is 32.6 Å². The van der Waals surface area contributed by atoms with Crippen molar-refractivity contribution in [1.29, 1.82) is 0 Å². The Kier molecular flexibility index (Phi) is 5.26. The molecule has 1 fully saturated rings. The van der Waals surface area contributed by atoms with Gasteiger partial charge in [0.25, 0.3) is 0 Å². The molecule has 0 aromatic rings. The average molecular weight is 226 g/mol. The van der Waals surface area contributed by atoms with Gasteiger partial charge in [-0.25, -0.2) is 0 Å². The van der Waals surface area contributed by atoms with Crippen LogP contribution in [0.25, 0.3) is 0 Å². The molecular formula is C14H30N2. The van der Waals surface area contributed by atoms with Crippen molar-refractivity contribution in [3.05, 3.63) is 0 Å². The molecule has 2 heteroatoms. The van der Waals surface area contributed by atoms with Crippen LogP contribution in [-0.4, -0.2) is 30.6 Å². The maximum Gasteiger partial charge on any atom is 0.00998 e. The Morgan fingerprint density at radius 3 is 2.56 bits per heavy atom. The number of likely N-dealkylation sites (tertiary alicyclic amines) is 1. The van der Waals surface area contributed by atoms with Crippen molar-refractivity contribution < 1.29 is 0 Å². The van der Waals surface area contributed by atoms with E-state index in [0.717, 1.165) is 12.3 Å². The van der Waals surface area contributed by atoms with E-state index in [1.54, 1.807) is 0 Å². The van der Waals surface area contributed by atoms with Crippen LogP contribution in [0.1, 0.15) is 53.4 Å². The Morgan fingerprint density at radius 1 is 1.25 bits per heavy atom. The largest absolute Gasteiger partial charge is 0.327 e. The van der Waals surface area contributed by atoms with E-state index in [4.69, 9.17) is 5.73 Å². The molecule has 2 atom stereocenters. The lowest BCUT2D eigenvalue weighted by Crippen LogP contribution is -2.39. The zero-order valence-corrected chi connectivity index (χ0v) is 11.6. The van der Waals surface area contributed by atoms with Crippen molar-refractivity contribution in [1.82, 2.24) is 4.90 Å². The minimum atomic E-state index is 0.249. The van der Waals surface area contributed by atoms with Crippen LogP contribution in [0.3, 0.4) is 0 Å². The predicted molar refractivity (Wildman–Crippen MR) is 71.5 cm³/mol. The first-order valence-electron chi connectivity index (χ1n) is 6.87. The lowest BCUT2D eigenvalue weighted by Gasteiger charge is -2.29. The van der Waals surface area contributed by atoms with Crippen LogP contribution in [0.2, 0.25) is 0 Å². The highest BCUT2D eigenvalue weighted by Crippen LogP contribution is 2.21. The van der Waals surface area contributed by atoms with E-state index >= 15 is 0 Å². The second-order valence-electron chi connectivity index (χ2n) is 6.64. The van der Waals surface area contributed by atoms with Gasteiger partial charge in [-0.3, -0.25) is 0 Å². The summed E-state index contributed by atoms with van der Waals surface area (Å²) >= 11 is 0. The fraction of sp³-hybridized carbons (Fsp3) is 1.00. The minimum Gasteiger partial charge on any atom is -0.327 e. The summed E-state index contributed by atoms with van der Waals surface area (Å²) < 4.78 is 0. The molecule has 0 radical (unpaired) electrons. The molecule has 0 spiro atoms. The van der Waals surface area contributed by atoms with Gasteiger partial charge in [0, 0.05) is 6.04 Å². The minimum absolute atomic E-state index is 0.249. The molecular weight excluding hydrogens is 196 g/mol. The first-order valence-corrected chi connectivity index (χ1v) is 6.87. The lowest BCUT2D eigenvalue weighted by molar-refractivity contribution is 0.231. The summed E-state index contributed by atoms with van der Waals surface area (Å²) in [6.45, 7) is 12.8. The predicted octanol–water partition coefficient (Wildman–Crippen LogP) is 2.87. The fourth-order valence-corrected chi connectivity index (χ4v) is 2.30. The van der Waals surface area contributed by atoms with Crippen LogP contribution in [0.15, 0.2) is 0 Å². The van der Waals surface area contributed by atoms with E-state index in [1.807, 2.05) is 0 Å². The van der Waals surface area contributed by atoms with E-state index in [9.17, 15) is 0 Å². The van der Waals surface area contributed by atoms with Gasteiger partial charge in [-0.15, -0.1) is 0 Å². The molecule has 1 saturated heterocycles. The summed E-state index contributed by atoms with van der Waals surface area (Å²) in [5.41, 5.74) is 6.46. The van der Waals surface area contributed by atoms with Gasteiger partial charge in [0.15, 0.2) is 0 Å². The third-order valence-corrected chi connectivity index (χ3v) is 3.98. The molecule has 2 unspecified atom stereocenters. The van der Waals surface area contributed by atoms with Gasteiger partial charge in [0.05, 0.1) is 0 Å². The van der Waals surface area contributed by atoms with Gasteiger partial charge < -0.3 is 10.6 Å². The van der Waals surface area contributed by atoms with Gasteiger partial charge in [-0.2, -0.15) is 0 Å². The zero-order chi connectivity index (χ0) is 12.2. The summed E-state index contributed by atoms with van der Waals surface area (Å²) in [6.07, 6.45) is 5.27. The number of hydrogen-bond donors (Lipinski definition) is 1. The van der Waals surface area contributed by atoms with Crippen LogP contribution < -0.4 is 5.73 Å². The second-order valence-corrected chi connectivity index (χ2v) is 6.64. The molecule has 2 N–H and O–H groups in total. The Bertz CT molecular complexity index is 195. The van der Waals surface area contributed by atoms with Crippen LogP contribution >= 0.6 is 0 Å². The topological polar surface area (TPSA) is 29.3 Å². The first kappa shape index (κ1) is 14.0. The van der Waals surface area contributed by atoms with Gasteiger partial charge in [-0.1, -0.05) is 27.7 Å². The van der Waals surface area contributed by atoms with Gasteiger partial charge in [0.2, 0.25) is 0 Å². The van der Waals surface area contributed by atoms with E-state index in [1.165, 1.54) is 38.9 Å². The number of rotatable bonds is 3. The van der Waals surface area contributed by atoms with Crippen LogP contribution in [0, 0.1) is 11.3 Å². The van der Waals surface area contributed by atoms with Crippen molar-refractivity contribution in [2.75, 3.05) is 19.6 Å². The maximum atomic E-state index is 6.21. The molecule has 1 aliphatic rings. The average Bonchev–Trinajstić information content (AvgIpc) is 2.38. The monoisotopic (exact) mass is 226 g/mol. The quantitative estimate of drug-likeness (QED) is 0.802. The summed E-state index contributed by atoms with van der Waals surface area (Å²) in [5.74, 6) is 0.918. The molecule has 1 heterocycles. The third kappa shape index (κ3) is 4.84. The highest BCUT2D eigenvalue weighted by molar-refractivity contribution is 4.78. The molecule has 0 aromatic heterocycles. The molecule has 0 amide bonds. The molecule has 1 aliphatic heterocycles. The fourth-order valence-electron chi connectivity index (χ4n) is 2.30. The molecule has 1 rings (SSSR count). The molecule has 96 valence electrons. The van der Waals surface area contributed by atoms with Crippen LogP contribution in [0.4, 0.5) is 0 Å². The summed E-state index contributed by atoms with van der Waals surface area (Å²) in [4.78, 5) is 2.61. The number of hydrogen-bond acceptors (Lipinski definition) is 2. The van der Waals surface area contributed by atoms with Crippen LogP contribution in [-0.2, 0) is 0 Å². The van der Waals surface area contributed by atoms with E-state index in [-0.39, 0.29) is 5.41 Å². The molecule has 0 aliphatic carbocycles. The maximum absolute atomic E-state index is 6.21. The Hall–Kier alpha value is -0.0800. The SMILES string of the molecule is CC1CCCN(CCC(N)C(C)(C)C)CC1. The smallest absolute Gasteiger partial charge is 0.00998 e. The first-order chi connectivity index (χ1) is 7.39. The zero-order valence-electron chi connectivity index (χ0n) is 11.6. The third-order valence-electron chi connectivity index (χ3n) is 3.98. The number of nitrogens with two attached hydrogens (primary N) is 1. The van der Waals surface area contributed by atoms with Crippen molar-refractivity contribution in [3.63, 3.8) is 0 Å². The molecule has 0 saturated carbocycles. The molecule has 2 nitrogen and oxygen atoms in total. The van der Waals surface area contributed by atoms with Gasteiger partial charge >= 0.3 is 0 Å². The van der Waals surface area contributed by atoms with Gasteiger partial charge in [0.1, 0.15) is 0 Å². The van der Waals surface area contributed by atoms with Gasteiger partial charge in [-0.05, 0) is 56.7 Å². The summed E-state index contributed by atoms with van der Waals surface area (Å²) in [6, 6.07) is 0.327. The molecule has 16 heavy (non-hydrogen) atoms. The summed E-state index contributed by atoms with van der Waals surface area (Å²) in [5, 5.41) is 0. The standard InChI is InChI=1S/C14H30N2/c1-12-6-5-9-16(10-7-12)11-8-13(15)14(2,3)4/h12-13H,5-11,15H2,1-4H3. The van der Waals surface area contributed by atoms with Crippen LogP contribution in [0.5, 0.6) is 0 Å². The van der Waals surface area contributed by atoms with E-state index < -0.39 is 0 Å². The lowest BCUT2D eigenvalue weighted by atomic mass is 9.85. The van der Waals surface area contributed by atoms with Crippen molar-refractivity contribution in [2.24, 2.45) is 17.1 Å².